The zero-order valence-electron chi connectivity index (χ0n) is 14.4. The van der Waals surface area contributed by atoms with E-state index in [1.165, 1.54) is 0 Å². The number of aliphatic carboxylic acids is 1. The van der Waals surface area contributed by atoms with Crippen LogP contribution >= 0.6 is 0 Å². The maximum Gasteiger partial charge on any atom is 0.325 e. The first kappa shape index (κ1) is 18.1. The van der Waals surface area contributed by atoms with Gasteiger partial charge in [0.05, 0.1) is 12.6 Å². The van der Waals surface area contributed by atoms with E-state index in [4.69, 9.17) is 9.57 Å². The lowest BCUT2D eigenvalue weighted by molar-refractivity contribution is -0.140. The third-order valence-electron chi connectivity index (χ3n) is 4.19. The molecule has 1 aliphatic heterocycles. The highest BCUT2D eigenvalue weighted by molar-refractivity contribution is 5.77. The maximum atomic E-state index is 11.5. The van der Waals surface area contributed by atoms with Crippen LogP contribution in [-0.2, 0) is 16.2 Å². The fraction of sp³-hybridized carbons (Fsp3) is 0.250. The van der Waals surface area contributed by atoms with E-state index in [2.05, 4.69) is 17.4 Å². The topological polar surface area (TPSA) is 79.8 Å². The Morgan fingerprint density at radius 2 is 2.08 bits per heavy atom. The molecule has 0 radical (unpaired) electrons. The quantitative estimate of drug-likeness (QED) is 0.500. The molecule has 0 fully saturated rings. The second-order valence-corrected chi connectivity index (χ2v) is 6.01. The van der Waals surface area contributed by atoms with Gasteiger partial charge in [-0.25, -0.2) is 0 Å². The van der Waals surface area contributed by atoms with Gasteiger partial charge in [0.15, 0.2) is 0 Å². The number of hydroxylamine groups is 1. The van der Waals surface area contributed by atoms with E-state index < -0.39 is 12.0 Å². The van der Waals surface area contributed by atoms with Crippen LogP contribution < -0.4 is 15.5 Å². The smallest absolute Gasteiger partial charge is 0.325 e. The number of carbonyl (C=O) groups is 1. The summed E-state index contributed by atoms with van der Waals surface area (Å²) in [7, 11) is 0. The van der Waals surface area contributed by atoms with Crippen molar-refractivity contribution in [3.8, 4) is 5.75 Å². The number of benzene rings is 2. The van der Waals surface area contributed by atoms with Gasteiger partial charge < -0.3 is 9.84 Å². The Labute approximate surface area is 152 Å². The van der Waals surface area contributed by atoms with Gasteiger partial charge in [-0.05, 0) is 28.8 Å². The largest absolute Gasteiger partial charge is 0.490 e. The highest BCUT2D eigenvalue weighted by Gasteiger charge is 2.31. The minimum absolute atomic E-state index is 0.184. The van der Waals surface area contributed by atoms with Crippen LogP contribution in [0.15, 0.2) is 61.2 Å². The van der Waals surface area contributed by atoms with E-state index in [0.717, 1.165) is 11.1 Å². The molecular weight excluding hydrogens is 332 g/mol. The number of fused-ring (bicyclic) bond motifs is 1. The molecule has 3 N–H and O–H groups in total. The minimum Gasteiger partial charge on any atom is -0.490 e. The predicted octanol–water partition coefficient (Wildman–Crippen LogP) is 2.74. The van der Waals surface area contributed by atoms with Gasteiger partial charge >= 0.3 is 5.97 Å². The first-order valence-electron chi connectivity index (χ1n) is 8.44. The zero-order valence-corrected chi connectivity index (χ0v) is 14.4. The van der Waals surface area contributed by atoms with Crippen molar-refractivity contribution < 1.29 is 19.5 Å². The number of rotatable bonds is 8. The molecule has 0 bridgehead atoms. The maximum absolute atomic E-state index is 11.5. The van der Waals surface area contributed by atoms with Crippen molar-refractivity contribution in [1.29, 1.82) is 0 Å². The van der Waals surface area contributed by atoms with Crippen molar-refractivity contribution in [2.45, 2.75) is 18.7 Å². The van der Waals surface area contributed by atoms with Crippen LogP contribution in [-0.4, -0.2) is 24.2 Å². The Morgan fingerprint density at radius 1 is 1.27 bits per heavy atom. The molecule has 2 aromatic rings. The number of hydrogen-bond donors (Lipinski definition) is 3. The van der Waals surface area contributed by atoms with Crippen molar-refractivity contribution >= 4 is 5.97 Å². The van der Waals surface area contributed by atoms with Crippen LogP contribution in [0, 0.1) is 0 Å². The first-order chi connectivity index (χ1) is 12.7. The summed E-state index contributed by atoms with van der Waals surface area (Å²) < 4.78 is 5.58. The summed E-state index contributed by atoms with van der Waals surface area (Å²) in [5.41, 5.74) is 5.65. The van der Waals surface area contributed by atoms with E-state index in [0.29, 0.717) is 31.1 Å². The van der Waals surface area contributed by atoms with Gasteiger partial charge in [-0.15, -0.1) is 0 Å². The Balaban J connectivity index is 1.75. The van der Waals surface area contributed by atoms with E-state index in [1.807, 2.05) is 36.4 Å². The molecule has 1 unspecified atom stereocenters. The second-order valence-electron chi connectivity index (χ2n) is 6.01. The Hall–Kier alpha value is -2.67. The van der Waals surface area contributed by atoms with Crippen molar-refractivity contribution in [2.75, 3.05) is 13.2 Å². The molecule has 0 aromatic heterocycles. The Kier molecular flexibility index (Phi) is 6.01. The van der Waals surface area contributed by atoms with Crippen molar-refractivity contribution in [3.63, 3.8) is 0 Å². The fourth-order valence-corrected chi connectivity index (χ4v) is 2.94. The summed E-state index contributed by atoms with van der Waals surface area (Å²) in [5, 5.41) is 12.5. The molecule has 1 heterocycles. The van der Waals surface area contributed by atoms with E-state index in [-0.39, 0.29) is 6.04 Å². The standard InChI is InChI=1S/C20H22N2O4/c1-2-10-25-15-8-9-16-17(11-15)18(12-21-19(16)20(23)24)22-26-13-14-6-4-3-5-7-14/h2-9,11,18-19,21-22H,1,10,12-13H2,(H,23,24)/t18?,19-/m0/s1. The van der Waals surface area contributed by atoms with Gasteiger partial charge in [0, 0.05) is 6.54 Å². The molecule has 26 heavy (non-hydrogen) atoms. The molecule has 6 heteroatoms. The second kappa shape index (κ2) is 8.62. The molecule has 2 aromatic carbocycles. The molecule has 0 saturated heterocycles. The molecule has 1 aliphatic rings. The number of nitrogens with one attached hydrogen (secondary N) is 2. The average molecular weight is 354 g/mol. The fourth-order valence-electron chi connectivity index (χ4n) is 2.94. The summed E-state index contributed by atoms with van der Waals surface area (Å²) in [6.07, 6.45) is 1.67. The van der Waals surface area contributed by atoms with E-state index >= 15 is 0 Å². The zero-order chi connectivity index (χ0) is 18.4. The van der Waals surface area contributed by atoms with Crippen molar-refractivity contribution in [2.24, 2.45) is 0 Å². The van der Waals surface area contributed by atoms with Crippen molar-refractivity contribution in [3.05, 3.63) is 77.9 Å². The highest BCUT2D eigenvalue weighted by atomic mass is 16.6. The van der Waals surface area contributed by atoms with Crippen LogP contribution in [0.1, 0.15) is 28.8 Å². The summed E-state index contributed by atoms with van der Waals surface area (Å²) >= 11 is 0. The number of carboxylic acid groups (broad SMARTS) is 1. The van der Waals surface area contributed by atoms with Gasteiger partial charge in [0.25, 0.3) is 0 Å². The highest BCUT2D eigenvalue weighted by Crippen LogP contribution is 2.32. The lowest BCUT2D eigenvalue weighted by atomic mass is 9.91. The normalized spacial score (nSPS) is 18.8. The van der Waals surface area contributed by atoms with Gasteiger partial charge in [-0.3, -0.25) is 14.9 Å². The first-order valence-corrected chi connectivity index (χ1v) is 8.44. The summed E-state index contributed by atoms with van der Waals surface area (Å²) in [6, 6.07) is 14.3. The number of ether oxygens (including phenoxy) is 1. The summed E-state index contributed by atoms with van der Waals surface area (Å²) in [6.45, 7) is 4.88. The van der Waals surface area contributed by atoms with Gasteiger partial charge in [0.1, 0.15) is 18.4 Å². The molecule has 0 amide bonds. The molecular formula is C20H22N2O4. The number of hydrogen-bond acceptors (Lipinski definition) is 5. The molecule has 2 atom stereocenters. The summed E-state index contributed by atoms with van der Waals surface area (Å²) in [4.78, 5) is 17.2. The summed E-state index contributed by atoms with van der Waals surface area (Å²) in [5.74, 6) is -0.237. The van der Waals surface area contributed by atoms with Gasteiger partial charge in [-0.1, -0.05) is 49.1 Å². The number of carboxylic acids is 1. The molecule has 0 aliphatic carbocycles. The molecule has 136 valence electrons. The van der Waals surface area contributed by atoms with Gasteiger partial charge in [0.2, 0.25) is 0 Å². The SMILES string of the molecule is C=CCOc1ccc2c(c1)C(NOCc1ccccc1)CN[C@@H]2C(=O)O. The molecule has 3 rings (SSSR count). The Morgan fingerprint density at radius 3 is 2.81 bits per heavy atom. The van der Waals surface area contributed by atoms with Gasteiger partial charge in [-0.2, -0.15) is 5.48 Å². The Bertz CT molecular complexity index is 764. The lowest BCUT2D eigenvalue weighted by Crippen LogP contribution is -2.42. The molecule has 0 spiro atoms. The predicted molar refractivity (Wildman–Crippen MR) is 97.6 cm³/mol. The van der Waals surface area contributed by atoms with Crippen LogP contribution in [0.5, 0.6) is 5.75 Å². The molecule has 6 nitrogen and oxygen atoms in total. The van der Waals surface area contributed by atoms with E-state index in [9.17, 15) is 9.90 Å². The van der Waals surface area contributed by atoms with Crippen LogP contribution in [0.3, 0.4) is 0 Å². The monoisotopic (exact) mass is 354 g/mol. The van der Waals surface area contributed by atoms with Crippen molar-refractivity contribution in [1.82, 2.24) is 10.8 Å². The molecule has 0 saturated carbocycles. The average Bonchev–Trinajstić information content (AvgIpc) is 2.67. The van der Waals surface area contributed by atoms with Crippen LogP contribution in [0.4, 0.5) is 0 Å². The lowest BCUT2D eigenvalue weighted by Gasteiger charge is -2.31. The third kappa shape index (κ3) is 4.29. The minimum atomic E-state index is -0.908. The third-order valence-corrected chi connectivity index (χ3v) is 4.19. The van der Waals surface area contributed by atoms with E-state index in [1.54, 1.807) is 18.2 Å². The van der Waals surface area contributed by atoms with Crippen LogP contribution in [0.25, 0.3) is 0 Å². The van der Waals surface area contributed by atoms with Crippen LogP contribution in [0.2, 0.25) is 0 Å².